The third kappa shape index (κ3) is 14.7. The summed E-state index contributed by atoms with van der Waals surface area (Å²) in [5.41, 5.74) is 1.24. The van der Waals surface area contributed by atoms with Gasteiger partial charge in [0.1, 0.15) is 5.75 Å². The number of benzene rings is 1. The van der Waals surface area contributed by atoms with Crippen LogP contribution in [-0.4, -0.2) is 48.0 Å². The Bertz CT molecular complexity index is 600. The van der Waals surface area contributed by atoms with Crippen molar-refractivity contribution < 1.29 is 37.7 Å². The number of halogens is 3. The Hall–Kier alpha value is -2.29. The molecule has 1 rings (SSSR count). The van der Waals surface area contributed by atoms with Crippen LogP contribution in [0.1, 0.15) is 51.5 Å². The molecule has 0 atom stereocenters. The molecule has 6 nitrogen and oxygen atoms in total. The van der Waals surface area contributed by atoms with Crippen molar-refractivity contribution in [2.24, 2.45) is 5.92 Å². The molecule has 0 heterocycles. The number of hydrogen-bond acceptors (Lipinski definition) is 4. The van der Waals surface area contributed by atoms with E-state index in [1.807, 2.05) is 12.1 Å². The molecule has 1 aromatic rings. The van der Waals surface area contributed by atoms with E-state index in [4.69, 9.17) is 19.7 Å². The maximum atomic E-state index is 10.6. The molecular weight excluding hydrogens is 403 g/mol. The van der Waals surface area contributed by atoms with E-state index in [9.17, 15) is 18.0 Å². The first-order chi connectivity index (χ1) is 14.1. The standard InChI is InChI=1S/C19H31NO3.C2HF3O2/c1-3-5-17(6-4-2)15-23-18-9-7-16(8-10-18)11-13-20-14-12-19(21)22;3-2(4,5)1(6)7/h7-10,17,20H,3-6,11-15H2,1-2H3,(H,21,22);(H,6,7). The third-order valence-corrected chi connectivity index (χ3v) is 4.15. The molecule has 9 heteroatoms. The number of carboxylic acid groups (broad SMARTS) is 2. The van der Waals surface area contributed by atoms with Gasteiger partial charge in [-0.05, 0) is 49.4 Å². The largest absolute Gasteiger partial charge is 0.493 e. The van der Waals surface area contributed by atoms with Crippen molar-refractivity contribution in [2.75, 3.05) is 19.7 Å². The summed E-state index contributed by atoms with van der Waals surface area (Å²) in [6.07, 6.45) is 0.864. The van der Waals surface area contributed by atoms with E-state index in [-0.39, 0.29) is 6.42 Å². The molecule has 0 radical (unpaired) electrons. The van der Waals surface area contributed by atoms with Gasteiger partial charge in [-0.1, -0.05) is 38.8 Å². The van der Waals surface area contributed by atoms with Crippen LogP contribution < -0.4 is 10.1 Å². The summed E-state index contributed by atoms with van der Waals surface area (Å²) in [7, 11) is 0. The second-order valence-corrected chi connectivity index (χ2v) is 6.84. The van der Waals surface area contributed by atoms with Crippen LogP contribution in [0.2, 0.25) is 0 Å². The molecule has 0 aliphatic rings. The zero-order valence-corrected chi connectivity index (χ0v) is 17.5. The summed E-state index contributed by atoms with van der Waals surface area (Å²) in [6.45, 7) is 6.57. The third-order valence-electron chi connectivity index (χ3n) is 4.15. The number of ether oxygens (including phenoxy) is 1. The van der Waals surface area contributed by atoms with Gasteiger partial charge in [0.05, 0.1) is 13.0 Å². The lowest BCUT2D eigenvalue weighted by Crippen LogP contribution is -2.21. The molecule has 0 amide bonds. The lowest BCUT2D eigenvalue weighted by atomic mass is 9.99. The molecule has 1 aromatic carbocycles. The van der Waals surface area contributed by atoms with Gasteiger partial charge in [-0.2, -0.15) is 13.2 Å². The van der Waals surface area contributed by atoms with E-state index in [1.54, 1.807) is 0 Å². The first-order valence-corrected chi connectivity index (χ1v) is 10.0. The maximum absolute atomic E-state index is 10.6. The van der Waals surface area contributed by atoms with E-state index in [2.05, 4.69) is 31.3 Å². The molecule has 0 aliphatic carbocycles. The zero-order chi connectivity index (χ0) is 23.0. The molecule has 0 saturated heterocycles. The number of nitrogens with one attached hydrogen (secondary N) is 1. The summed E-state index contributed by atoms with van der Waals surface area (Å²) in [4.78, 5) is 19.3. The fraction of sp³-hybridized carbons (Fsp3) is 0.619. The second kappa shape index (κ2) is 15.5. The maximum Gasteiger partial charge on any atom is 0.490 e. The highest BCUT2D eigenvalue weighted by molar-refractivity contribution is 5.73. The van der Waals surface area contributed by atoms with Crippen molar-refractivity contribution in [3.05, 3.63) is 29.8 Å². The van der Waals surface area contributed by atoms with Crippen molar-refractivity contribution in [1.82, 2.24) is 5.32 Å². The highest BCUT2D eigenvalue weighted by atomic mass is 19.4. The number of aliphatic carboxylic acids is 2. The molecule has 0 unspecified atom stereocenters. The Morgan fingerprint density at radius 1 is 1.03 bits per heavy atom. The number of rotatable bonds is 13. The van der Waals surface area contributed by atoms with Crippen molar-refractivity contribution in [3.63, 3.8) is 0 Å². The average molecular weight is 435 g/mol. The average Bonchev–Trinajstić information content (AvgIpc) is 2.66. The lowest BCUT2D eigenvalue weighted by molar-refractivity contribution is -0.192. The monoisotopic (exact) mass is 435 g/mol. The van der Waals surface area contributed by atoms with Gasteiger partial charge in [0.15, 0.2) is 0 Å². The predicted octanol–water partition coefficient (Wildman–Crippen LogP) is 4.52. The van der Waals surface area contributed by atoms with Crippen LogP contribution in [-0.2, 0) is 16.0 Å². The summed E-state index contributed by atoms with van der Waals surface area (Å²) in [6, 6.07) is 8.23. The van der Waals surface area contributed by atoms with Crippen molar-refractivity contribution in [1.29, 1.82) is 0 Å². The smallest absolute Gasteiger partial charge is 0.490 e. The number of carboxylic acids is 2. The predicted molar refractivity (Wildman–Crippen MR) is 108 cm³/mol. The second-order valence-electron chi connectivity index (χ2n) is 6.84. The molecule has 0 aliphatic heterocycles. The number of hydrogen-bond donors (Lipinski definition) is 3. The Morgan fingerprint density at radius 3 is 2.00 bits per heavy atom. The normalized spacial score (nSPS) is 11.0. The van der Waals surface area contributed by atoms with E-state index in [0.29, 0.717) is 12.5 Å². The molecule has 0 saturated carbocycles. The van der Waals surface area contributed by atoms with Gasteiger partial charge < -0.3 is 20.3 Å². The van der Waals surface area contributed by atoms with Gasteiger partial charge in [0, 0.05) is 6.54 Å². The van der Waals surface area contributed by atoms with Crippen molar-refractivity contribution in [3.8, 4) is 5.75 Å². The molecule has 172 valence electrons. The number of carbonyl (C=O) groups is 2. The molecule has 30 heavy (non-hydrogen) atoms. The van der Waals surface area contributed by atoms with Crippen molar-refractivity contribution in [2.45, 2.75) is 58.5 Å². The van der Waals surface area contributed by atoms with E-state index >= 15 is 0 Å². The van der Waals surface area contributed by atoms with Gasteiger partial charge in [-0.15, -0.1) is 0 Å². The Labute approximate surface area is 175 Å². The van der Waals surface area contributed by atoms with Gasteiger partial charge in [-0.3, -0.25) is 4.79 Å². The van der Waals surface area contributed by atoms with Gasteiger partial charge >= 0.3 is 18.1 Å². The Balaban J connectivity index is 0.00000103. The fourth-order valence-corrected chi connectivity index (χ4v) is 2.65. The van der Waals surface area contributed by atoms with Gasteiger partial charge in [0.25, 0.3) is 0 Å². The number of alkyl halides is 3. The molecule has 0 bridgehead atoms. The summed E-state index contributed by atoms with van der Waals surface area (Å²) in [5, 5.41) is 18.8. The topological polar surface area (TPSA) is 95.9 Å². The SMILES string of the molecule is CCCC(CCC)COc1ccc(CCNCCC(=O)O)cc1.O=C(O)C(F)(F)F. The molecule has 3 N–H and O–H groups in total. The van der Waals surface area contributed by atoms with Gasteiger partial charge in [-0.25, -0.2) is 4.79 Å². The summed E-state index contributed by atoms with van der Waals surface area (Å²) < 4.78 is 37.7. The highest BCUT2D eigenvalue weighted by Crippen LogP contribution is 2.18. The molecule has 0 spiro atoms. The minimum absolute atomic E-state index is 0.170. The Kier molecular flexibility index (Phi) is 14.4. The summed E-state index contributed by atoms with van der Waals surface area (Å²) in [5.74, 6) is -1.93. The van der Waals surface area contributed by atoms with Crippen molar-refractivity contribution >= 4 is 11.9 Å². The molecular formula is C21H32F3NO5. The van der Waals surface area contributed by atoms with E-state index in [1.165, 1.54) is 31.2 Å². The lowest BCUT2D eigenvalue weighted by Gasteiger charge is -2.16. The first-order valence-electron chi connectivity index (χ1n) is 10.0. The Morgan fingerprint density at radius 2 is 1.57 bits per heavy atom. The fourth-order valence-electron chi connectivity index (χ4n) is 2.65. The summed E-state index contributed by atoms with van der Waals surface area (Å²) >= 11 is 0. The van der Waals surface area contributed by atoms with Crippen LogP contribution in [0.3, 0.4) is 0 Å². The minimum atomic E-state index is -5.08. The minimum Gasteiger partial charge on any atom is -0.493 e. The van der Waals surface area contributed by atoms with Crippen LogP contribution in [0.15, 0.2) is 24.3 Å². The molecule has 0 fully saturated rings. The van der Waals surface area contributed by atoms with Crippen LogP contribution in [0, 0.1) is 5.92 Å². The first kappa shape index (κ1) is 27.7. The van der Waals surface area contributed by atoms with Crippen LogP contribution in [0.5, 0.6) is 5.75 Å². The molecule has 0 aromatic heterocycles. The van der Waals surface area contributed by atoms with Crippen LogP contribution >= 0.6 is 0 Å². The van der Waals surface area contributed by atoms with E-state index in [0.717, 1.165) is 25.3 Å². The zero-order valence-electron chi connectivity index (χ0n) is 17.5. The quantitative estimate of drug-likeness (QED) is 0.394. The van der Waals surface area contributed by atoms with Crippen LogP contribution in [0.4, 0.5) is 13.2 Å². The highest BCUT2D eigenvalue weighted by Gasteiger charge is 2.38. The van der Waals surface area contributed by atoms with Crippen LogP contribution in [0.25, 0.3) is 0 Å². The van der Waals surface area contributed by atoms with E-state index < -0.39 is 18.1 Å². The van der Waals surface area contributed by atoms with Gasteiger partial charge in [0.2, 0.25) is 0 Å².